The standard InChI is InChI=1S/C21H24FN3OS/c1-4-15-6-11-18-19(14-15)27-21(23-18)25(13-5-12-24(2)3)20(26)16-7-9-17(22)10-8-16/h6-11,14H,4-5,12-13H2,1-3H3. The van der Waals surface area contributed by atoms with Crippen LogP contribution >= 0.6 is 11.3 Å². The number of hydrogen-bond acceptors (Lipinski definition) is 4. The number of benzene rings is 2. The number of halogens is 1. The van der Waals surface area contributed by atoms with E-state index in [-0.39, 0.29) is 11.7 Å². The summed E-state index contributed by atoms with van der Waals surface area (Å²) >= 11 is 1.53. The van der Waals surface area contributed by atoms with Crippen molar-refractivity contribution in [2.75, 3.05) is 32.1 Å². The highest BCUT2D eigenvalue weighted by atomic mass is 32.1. The molecule has 0 unspecified atom stereocenters. The van der Waals surface area contributed by atoms with E-state index in [1.54, 1.807) is 4.90 Å². The van der Waals surface area contributed by atoms with E-state index in [0.717, 1.165) is 29.6 Å². The fourth-order valence-corrected chi connectivity index (χ4v) is 3.92. The summed E-state index contributed by atoms with van der Waals surface area (Å²) in [6.45, 7) is 3.56. The average Bonchev–Trinajstić information content (AvgIpc) is 3.07. The highest BCUT2D eigenvalue weighted by molar-refractivity contribution is 7.22. The summed E-state index contributed by atoms with van der Waals surface area (Å²) in [7, 11) is 4.02. The van der Waals surface area contributed by atoms with E-state index in [4.69, 9.17) is 0 Å². The van der Waals surface area contributed by atoms with Gasteiger partial charge in [0.05, 0.1) is 10.2 Å². The van der Waals surface area contributed by atoms with Gasteiger partial charge in [0, 0.05) is 12.1 Å². The minimum absolute atomic E-state index is 0.150. The predicted octanol–water partition coefficient (Wildman–Crippen LogP) is 4.60. The molecule has 0 aliphatic heterocycles. The van der Waals surface area contributed by atoms with Crippen LogP contribution in [0.3, 0.4) is 0 Å². The van der Waals surface area contributed by atoms with Crippen molar-refractivity contribution in [3.63, 3.8) is 0 Å². The number of amides is 1. The van der Waals surface area contributed by atoms with Gasteiger partial charge in [-0.2, -0.15) is 0 Å². The summed E-state index contributed by atoms with van der Waals surface area (Å²) in [5, 5.41) is 0.686. The predicted molar refractivity (Wildman–Crippen MR) is 110 cm³/mol. The third kappa shape index (κ3) is 4.70. The van der Waals surface area contributed by atoms with Crippen molar-refractivity contribution < 1.29 is 9.18 Å². The number of hydrogen-bond donors (Lipinski definition) is 0. The lowest BCUT2D eigenvalue weighted by atomic mass is 10.2. The van der Waals surface area contributed by atoms with Gasteiger partial charge in [0.25, 0.3) is 5.91 Å². The van der Waals surface area contributed by atoms with Gasteiger partial charge in [-0.05, 0) is 75.4 Å². The SMILES string of the molecule is CCc1ccc2nc(N(CCCN(C)C)C(=O)c3ccc(F)cc3)sc2c1. The molecule has 0 spiro atoms. The molecular weight excluding hydrogens is 361 g/mol. The lowest BCUT2D eigenvalue weighted by molar-refractivity contribution is 0.0986. The number of fused-ring (bicyclic) bond motifs is 1. The van der Waals surface area contributed by atoms with E-state index in [1.165, 1.54) is 41.2 Å². The zero-order valence-corrected chi connectivity index (χ0v) is 16.7. The van der Waals surface area contributed by atoms with Gasteiger partial charge < -0.3 is 4.90 Å². The summed E-state index contributed by atoms with van der Waals surface area (Å²) in [6.07, 6.45) is 1.79. The van der Waals surface area contributed by atoms with Crippen LogP contribution in [0.25, 0.3) is 10.2 Å². The molecule has 4 nitrogen and oxygen atoms in total. The van der Waals surface area contributed by atoms with Crippen molar-refractivity contribution in [2.24, 2.45) is 0 Å². The van der Waals surface area contributed by atoms with Crippen molar-refractivity contribution in [3.8, 4) is 0 Å². The van der Waals surface area contributed by atoms with Crippen LogP contribution in [0, 0.1) is 5.82 Å². The second-order valence-electron chi connectivity index (χ2n) is 6.77. The van der Waals surface area contributed by atoms with Crippen LogP contribution in [-0.2, 0) is 6.42 Å². The van der Waals surface area contributed by atoms with Crippen LogP contribution < -0.4 is 4.90 Å². The van der Waals surface area contributed by atoms with Gasteiger partial charge in [0.2, 0.25) is 0 Å². The number of thiazole rings is 1. The first kappa shape index (κ1) is 19.5. The first-order valence-corrected chi connectivity index (χ1v) is 9.91. The zero-order valence-electron chi connectivity index (χ0n) is 15.9. The van der Waals surface area contributed by atoms with Gasteiger partial charge in [0.15, 0.2) is 5.13 Å². The number of nitrogens with zero attached hydrogens (tertiary/aromatic N) is 3. The van der Waals surface area contributed by atoms with E-state index in [1.807, 2.05) is 20.2 Å². The topological polar surface area (TPSA) is 36.4 Å². The highest BCUT2D eigenvalue weighted by Gasteiger charge is 2.21. The van der Waals surface area contributed by atoms with Crippen molar-refractivity contribution in [3.05, 3.63) is 59.4 Å². The minimum atomic E-state index is -0.349. The van der Waals surface area contributed by atoms with Crippen molar-refractivity contribution in [1.82, 2.24) is 9.88 Å². The molecule has 0 N–H and O–H groups in total. The molecule has 0 aliphatic carbocycles. The Morgan fingerprint density at radius 1 is 1.11 bits per heavy atom. The molecule has 0 bridgehead atoms. The third-order valence-electron chi connectivity index (χ3n) is 4.40. The van der Waals surface area contributed by atoms with Gasteiger partial charge >= 0.3 is 0 Å². The molecule has 142 valence electrons. The number of rotatable bonds is 7. The maximum atomic E-state index is 13.2. The number of aryl methyl sites for hydroxylation is 1. The zero-order chi connectivity index (χ0) is 19.4. The first-order chi connectivity index (χ1) is 13.0. The van der Waals surface area contributed by atoms with E-state index >= 15 is 0 Å². The smallest absolute Gasteiger partial charge is 0.260 e. The fraction of sp³-hybridized carbons (Fsp3) is 0.333. The van der Waals surface area contributed by atoms with E-state index in [9.17, 15) is 9.18 Å². The Labute approximate surface area is 163 Å². The van der Waals surface area contributed by atoms with E-state index < -0.39 is 0 Å². The molecule has 1 heterocycles. The lowest BCUT2D eigenvalue weighted by Crippen LogP contribution is -2.33. The van der Waals surface area contributed by atoms with Crippen LogP contribution in [0.5, 0.6) is 0 Å². The summed E-state index contributed by atoms with van der Waals surface area (Å²) in [5.41, 5.74) is 2.62. The number of aromatic nitrogens is 1. The Kier molecular flexibility index (Phi) is 6.19. The largest absolute Gasteiger partial charge is 0.309 e. The summed E-state index contributed by atoms with van der Waals surface area (Å²) in [6, 6.07) is 11.9. The molecular formula is C21H24FN3OS. The molecule has 3 rings (SSSR count). The average molecular weight is 386 g/mol. The van der Waals surface area contributed by atoms with Gasteiger partial charge in [0.1, 0.15) is 5.82 Å². The maximum absolute atomic E-state index is 13.2. The van der Waals surface area contributed by atoms with Crippen molar-refractivity contribution in [1.29, 1.82) is 0 Å². The lowest BCUT2D eigenvalue weighted by Gasteiger charge is -2.21. The molecule has 0 radical (unpaired) electrons. The van der Waals surface area contributed by atoms with E-state index in [0.29, 0.717) is 17.2 Å². The molecule has 0 saturated carbocycles. The molecule has 1 aromatic heterocycles. The summed E-state index contributed by atoms with van der Waals surface area (Å²) in [4.78, 5) is 21.6. The first-order valence-electron chi connectivity index (χ1n) is 9.09. The van der Waals surface area contributed by atoms with Crippen molar-refractivity contribution >= 4 is 32.6 Å². The maximum Gasteiger partial charge on any atom is 0.260 e. The molecule has 3 aromatic rings. The van der Waals surface area contributed by atoms with Crippen molar-refractivity contribution in [2.45, 2.75) is 19.8 Å². The molecule has 6 heteroatoms. The van der Waals surface area contributed by atoms with Crippen LogP contribution in [0.4, 0.5) is 9.52 Å². The summed E-state index contributed by atoms with van der Waals surface area (Å²) in [5.74, 6) is -0.499. The van der Waals surface area contributed by atoms with Crippen LogP contribution in [0.15, 0.2) is 42.5 Å². The van der Waals surface area contributed by atoms with E-state index in [2.05, 4.69) is 28.9 Å². The minimum Gasteiger partial charge on any atom is -0.309 e. The quantitative estimate of drug-likeness (QED) is 0.597. The number of anilines is 1. The molecule has 0 fully saturated rings. The Bertz CT molecular complexity index is 921. The second kappa shape index (κ2) is 8.59. The highest BCUT2D eigenvalue weighted by Crippen LogP contribution is 2.31. The Morgan fingerprint density at radius 2 is 1.85 bits per heavy atom. The monoisotopic (exact) mass is 385 g/mol. The Morgan fingerprint density at radius 3 is 2.52 bits per heavy atom. The second-order valence-corrected chi connectivity index (χ2v) is 7.78. The fourth-order valence-electron chi connectivity index (χ4n) is 2.87. The Balaban J connectivity index is 1.93. The van der Waals surface area contributed by atoms with Gasteiger partial charge in [-0.3, -0.25) is 9.69 Å². The molecule has 27 heavy (non-hydrogen) atoms. The Hall–Kier alpha value is -2.31. The van der Waals surface area contributed by atoms with Gasteiger partial charge in [-0.25, -0.2) is 9.37 Å². The third-order valence-corrected chi connectivity index (χ3v) is 5.45. The molecule has 0 saturated heterocycles. The molecule has 0 atom stereocenters. The number of carbonyl (C=O) groups is 1. The van der Waals surface area contributed by atoms with Crippen LogP contribution in [-0.4, -0.2) is 43.0 Å². The summed E-state index contributed by atoms with van der Waals surface area (Å²) < 4.78 is 14.3. The molecule has 0 aliphatic rings. The normalized spacial score (nSPS) is 11.3. The molecule has 1 amide bonds. The van der Waals surface area contributed by atoms with Crippen LogP contribution in [0.1, 0.15) is 29.3 Å². The van der Waals surface area contributed by atoms with Gasteiger partial charge in [-0.15, -0.1) is 0 Å². The molecule has 2 aromatic carbocycles. The van der Waals surface area contributed by atoms with Crippen LogP contribution in [0.2, 0.25) is 0 Å². The number of carbonyl (C=O) groups excluding carboxylic acids is 1. The van der Waals surface area contributed by atoms with Gasteiger partial charge in [-0.1, -0.05) is 24.3 Å².